The molecule has 0 radical (unpaired) electrons. The minimum Gasteiger partial charge on any atom is -0.372 e. The normalized spacial score (nSPS) is 14.0. The van der Waals surface area contributed by atoms with E-state index < -0.39 is 0 Å². The molecule has 20 aromatic rings. The number of pyridine rings is 9. The molecule has 5 saturated heterocycles. The number of fused-ring (bicyclic) bond motifs is 5. The Morgan fingerprint density at radius 3 is 0.879 bits per heavy atom. The molecule has 5 aliphatic rings. The largest absolute Gasteiger partial charge is 0.372 e. The van der Waals surface area contributed by atoms with Crippen molar-refractivity contribution in [3.8, 4) is 85.5 Å². The Labute approximate surface area is 822 Å². The molecule has 27 heteroatoms. The summed E-state index contributed by atoms with van der Waals surface area (Å²) < 4.78 is 25.6. The topological polar surface area (TPSA) is 247 Å². The van der Waals surface area contributed by atoms with Gasteiger partial charge in [0.25, 0.3) is 0 Å². The van der Waals surface area contributed by atoms with E-state index >= 15 is 4.39 Å². The van der Waals surface area contributed by atoms with Gasteiger partial charge in [0.2, 0.25) is 5.95 Å². The highest BCUT2D eigenvalue weighted by Gasteiger charge is 2.26. The second-order valence-electron chi connectivity index (χ2n) is 35.9. The van der Waals surface area contributed by atoms with Crippen molar-refractivity contribution in [1.29, 1.82) is 0 Å². The van der Waals surface area contributed by atoms with Crippen molar-refractivity contribution in [2.24, 2.45) is 0 Å². The first-order valence-electron chi connectivity index (χ1n) is 48.0. The molecule has 5 aromatic carbocycles. The fourth-order valence-corrected chi connectivity index (χ4v) is 19.0. The van der Waals surface area contributed by atoms with Crippen molar-refractivity contribution >= 4 is 83.9 Å². The number of rotatable bonds is 15. The second kappa shape index (κ2) is 43.2. The number of imidazole rings is 5. The molecule has 25 rings (SSSR count). The van der Waals surface area contributed by atoms with Crippen molar-refractivity contribution in [2.45, 2.75) is 134 Å². The zero-order valence-corrected chi connectivity index (χ0v) is 78.3. The summed E-state index contributed by atoms with van der Waals surface area (Å²) in [6.45, 7) is 21.0. The zero-order chi connectivity index (χ0) is 93.4. The fraction of sp³-hybridized carbons (Fsp3) is 0.263. The van der Waals surface area contributed by atoms with Gasteiger partial charge in [0, 0.05) is 177 Å². The summed E-state index contributed by atoms with van der Waals surface area (Å²) in [5.41, 5.74) is 27.8. The Bertz CT molecular complexity index is 7220. The minimum absolute atomic E-state index is 0. The van der Waals surface area contributed by atoms with Crippen molar-refractivity contribution in [3.63, 3.8) is 0 Å². The first kappa shape index (κ1) is 95.1. The third-order valence-electron chi connectivity index (χ3n) is 26.4. The molecule has 0 unspecified atom stereocenters. The number of hydrogen-bond acceptors (Lipinski definition) is 21. The Morgan fingerprint density at radius 1 is 0.227 bits per heavy atom. The van der Waals surface area contributed by atoms with Gasteiger partial charge in [-0.15, -0.1) is 0 Å². The first-order valence-corrected chi connectivity index (χ1v) is 48.0. The van der Waals surface area contributed by atoms with E-state index in [1.807, 2.05) is 161 Å². The number of anilines is 5. The van der Waals surface area contributed by atoms with Crippen LogP contribution in [0.2, 0.25) is 0 Å². The summed E-state index contributed by atoms with van der Waals surface area (Å²) in [6, 6.07) is 66.0. The van der Waals surface area contributed by atoms with Crippen LogP contribution in [0.25, 0.3) is 141 Å². The molecule has 0 N–H and O–H groups in total. The summed E-state index contributed by atoms with van der Waals surface area (Å²) >= 11 is 0. The average molecular weight is 1870 g/mol. The van der Waals surface area contributed by atoms with Crippen molar-refractivity contribution in [2.75, 3.05) is 89.9 Å². The third-order valence-corrected chi connectivity index (χ3v) is 26.4. The maximum atomic E-state index is 15.2. The van der Waals surface area contributed by atoms with Gasteiger partial charge in [-0.2, -0.15) is 0 Å². The van der Waals surface area contributed by atoms with Crippen LogP contribution in [0.5, 0.6) is 0 Å². The van der Waals surface area contributed by atoms with Crippen LogP contribution in [0, 0.1) is 40.4 Å². The predicted octanol–water partition coefficient (Wildman–Crippen LogP) is 24.2. The lowest BCUT2D eigenvalue weighted by atomic mass is 10.1. The number of benzene rings is 5. The summed E-state index contributed by atoms with van der Waals surface area (Å²) in [7, 11) is 0. The lowest BCUT2D eigenvalue weighted by Crippen LogP contribution is -2.29. The first-order chi connectivity index (χ1) is 67.9. The van der Waals surface area contributed by atoms with E-state index in [1.54, 1.807) is 49.4 Å². The minimum atomic E-state index is -0.269. The molecule has 26 nitrogen and oxygen atoms in total. The van der Waals surface area contributed by atoms with Gasteiger partial charge in [0.15, 0.2) is 0 Å². The molecule has 15 aromatic heterocycles. The van der Waals surface area contributed by atoms with Crippen LogP contribution in [0.3, 0.4) is 0 Å². The van der Waals surface area contributed by atoms with Crippen LogP contribution in [-0.2, 0) is 0 Å². The number of aryl methyl sites for hydroxylation is 5. The molecular weight excluding hydrogens is 1750 g/mol. The van der Waals surface area contributed by atoms with E-state index in [1.165, 1.54) is 86.8 Å². The van der Waals surface area contributed by atoms with Gasteiger partial charge >= 0.3 is 0 Å². The highest BCUT2D eigenvalue weighted by atomic mass is 19.1. The van der Waals surface area contributed by atoms with Crippen molar-refractivity contribution in [3.05, 3.63) is 327 Å². The van der Waals surface area contributed by atoms with Crippen LogP contribution in [0.1, 0.15) is 128 Å². The van der Waals surface area contributed by atoms with E-state index in [2.05, 4.69) is 220 Å². The van der Waals surface area contributed by atoms with Gasteiger partial charge in [-0.1, -0.05) is 46.0 Å². The average Bonchev–Trinajstić information content (AvgIpc) is 1.71. The summed E-state index contributed by atoms with van der Waals surface area (Å²) in [5, 5.41) is 0. The van der Waals surface area contributed by atoms with Gasteiger partial charge in [-0.3, -0.25) is 62.7 Å². The molecule has 5 aliphatic heterocycles. The lowest BCUT2D eigenvalue weighted by molar-refractivity contribution is 0.578. The quantitative estimate of drug-likeness (QED) is 0.0925. The van der Waals surface area contributed by atoms with E-state index in [0.717, 1.165) is 242 Å². The molecule has 0 spiro atoms. The summed E-state index contributed by atoms with van der Waals surface area (Å²) in [6.07, 6.45) is 44.4. The number of hydrogen-bond donors (Lipinski definition) is 0. The Balaban J connectivity index is 0.000000116. The summed E-state index contributed by atoms with van der Waals surface area (Å²) in [4.78, 5) is 84.7. The molecule has 5 fully saturated rings. The van der Waals surface area contributed by atoms with E-state index in [-0.39, 0.29) is 28.1 Å². The number of aromatic nitrogens is 21. The van der Waals surface area contributed by atoms with Gasteiger partial charge in [0.05, 0.1) is 133 Å². The standard InChI is InChI=1S/2C23H23N5.C22H20FN5.C22H21N5.C21H20N6.3CH4/c1-17-5-10-22(25-15-17)28-21-16-24-12-11-20(21)26-23(28)18-6-8-19(9-7-18)27-13-3-2-4-14-27;1-17-5-8-20(15-25-17)28-22-16-24-12-11-21(22)26-23(28)18-6-9-19(10-7-18)27-13-3-2-4-14-27;1-15-4-5-17(13-25-15)28-21-14-24-9-8-20(21)26-22(28)18-7-6-16(12-19(18)23)27-10-2-3-11-27;1-16-4-7-19(14-24-16)27-21-15-23-11-10-20(21)25-22(27)17-5-8-18(9-6-17)26-12-2-3-13-26;1-15-4-6-17(7-5-15)27-19-14-22-9-8-18(19)25-20(27)16-12-23-21(24-13-16)26-10-2-3-11-26;;;/h2*5-12,15-16H,2-4,13-14H2,1H3;4-9,12-14H,2-3,10-11H2,1H3;4-11,14-15H,2-3,12-13H2,1H3;4-9,12-14H,2-3,10-11H2,1H3;3*1H4. The van der Waals surface area contributed by atoms with Gasteiger partial charge in [0.1, 0.15) is 40.8 Å². The molecule has 0 atom stereocenters. The SMILES string of the molecule is C.C.C.Cc1ccc(-n2c(-c3ccc(N4CCCC4)cc3)nc3ccncc32)cn1.Cc1ccc(-n2c(-c3ccc(N4CCCC4)cc3F)nc3ccncc32)cn1.Cc1ccc(-n2c(-c3ccc(N4CCCCC4)cc3)nc3ccncc32)cn1.Cc1ccc(-n2c(-c3ccc(N4CCCCC4)cc3)nc3ccncc32)nc1.Cc1ccc(-n2c(-c3cnc(N4CCCC4)nc3)nc3ccncc32)cc1. The van der Waals surface area contributed by atoms with Crippen molar-refractivity contribution in [1.82, 2.24) is 103 Å². The van der Waals surface area contributed by atoms with Crippen LogP contribution in [0.15, 0.2) is 293 Å². The van der Waals surface area contributed by atoms with E-state index in [9.17, 15) is 0 Å². The maximum Gasteiger partial charge on any atom is 0.225 e. The Hall–Kier alpha value is -16.2. The molecule has 20 heterocycles. The van der Waals surface area contributed by atoms with Crippen LogP contribution in [-0.4, -0.2) is 168 Å². The lowest BCUT2D eigenvalue weighted by Gasteiger charge is -2.28. The molecule has 0 bridgehead atoms. The van der Waals surface area contributed by atoms with E-state index in [4.69, 9.17) is 24.9 Å². The molecule has 712 valence electrons. The molecule has 0 aliphatic carbocycles. The Kier molecular flexibility index (Phi) is 29.2. The molecule has 0 saturated carbocycles. The van der Waals surface area contributed by atoms with Gasteiger partial charge in [-0.25, -0.2) is 44.3 Å². The van der Waals surface area contributed by atoms with Crippen LogP contribution >= 0.6 is 0 Å². The number of halogens is 1. The fourth-order valence-electron chi connectivity index (χ4n) is 19.0. The monoisotopic (exact) mass is 1870 g/mol. The smallest absolute Gasteiger partial charge is 0.225 e. The Morgan fingerprint density at radius 2 is 0.525 bits per heavy atom. The van der Waals surface area contributed by atoms with Gasteiger partial charge in [-0.05, 0) is 293 Å². The molecular formula is C114H119FN26. The highest BCUT2D eigenvalue weighted by Crippen LogP contribution is 2.39. The molecule has 141 heavy (non-hydrogen) atoms. The maximum absolute atomic E-state index is 15.2. The van der Waals surface area contributed by atoms with Crippen LogP contribution < -0.4 is 24.5 Å². The third kappa shape index (κ3) is 20.6. The zero-order valence-electron chi connectivity index (χ0n) is 78.3. The highest BCUT2D eigenvalue weighted by molar-refractivity contribution is 5.88. The molecule has 0 amide bonds. The predicted molar refractivity (Wildman–Crippen MR) is 569 cm³/mol. The van der Waals surface area contributed by atoms with Crippen LogP contribution in [0.4, 0.5) is 33.1 Å². The van der Waals surface area contributed by atoms with Crippen molar-refractivity contribution < 1.29 is 4.39 Å². The summed E-state index contributed by atoms with van der Waals surface area (Å²) in [5.74, 6) is 5.50. The van der Waals surface area contributed by atoms with Gasteiger partial charge < -0.3 is 24.5 Å². The second-order valence-corrected chi connectivity index (χ2v) is 35.9. The number of piperidine rings is 2. The number of nitrogens with zero attached hydrogens (tertiary/aromatic N) is 26. The van der Waals surface area contributed by atoms with E-state index in [0.29, 0.717) is 11.4 Å².